The Bertz CT molecular complexity index is 977. The zero-order chi connectivity index (χ0) is 20.6. The minimum atomic E-state index is -0.406. The Labute approximate surface area is 176 Å². The number of hydrogen-bond donors (Lipinski definition) is 0. The van der Waals surface area contributed by atoms with Crippen molar-refractivity contribution in [1.29, 1.82) is 0 Å². The van der Waals surface area contributed by atoms with Crippen LogP contribution in [0.25, 0.3) is 10.6 Å². The molecular formula is C20H20N2O5S2. The summed E-state index contributed by atoms with van der Waals surface area (Å²) in [5.74, 6) is 0.969. The zero-order valence-corrected chi connectivity index (χ0v) is 17.6. The van der Waals surface area contributed by atoms with Crippen molar-refractivity contribution in [3.63, 3.8) is 0 Å². The predicted octanol–water partition coefficient (Wildman–Crippen LogP) is 3.69. The molecule has 2 heterocycles. The summed E-state index contributed by atoms with van der Waals surface area (Å²) in [7, 11) is 1.59. The van der Waals surface area contributed by atoms with E-state index in [1.54, 1.807) is 25.3 Å². The number of ether oxygens (including phenoxy) is 3. The van der Waals surface area contributed by atoms with Crippen LogP contribution in [0.5, 0.6) is 11.5 Å². The first-order valence-electron chi connectivity index (χ1n) is 8.83. The quantitative estimate of drug-likeness (QED) is 0.221. The molecule has 9 heteroatoms. The van der Waals surface area contributed by atoms with Crippen molar-refractivity contribution in [2.24, 2.45) is 0 Å². The molecule has 0 radical (unpaired) electrons. The molecule has 0 saturated carbocycles. The molecule has 0 aliphatic heterocycles. The number of hydrogen-bond acceptors (Lipinski definition) is 8. The number of carbonyl (C=O) groups excluding carboxylic acids is 1. The Morgan fingerprint density at radius 2 is 2.14 bits per heavy atom. The third-order valence-electron chi connectivity index (χ3n) is 3.77. The molecule has 0 aliphatic carbocycles. The highest BCUT2D eigenvalue weighted by Gasteiger charge is 2.13. The Morgan fingerprint density at radius 3 is 2.90 bits per heavy atom. The van der Waals surface area contributed by atoms with Crippen molar-refractivity contribution in [2.45, 2.75) is 18.6 Å². The Balaban J connectivity index is 1.56. The van der Waals surface area contributed by atoms with Gasteiger partial charge in [-0.25, -0.2) is 4.98 Å². The maximum Gasteiger partial charge on any atom is 0.316 e. The molecule has 3 rings (SSSR count). The van der Waals surface area contributed by atoms with Crippen LogP contribution in [-0.2, 0) is 16.1 Å². The molecule has 0 spiro atoms. The number of benzene rings is 1. The van der Waals surface area contributed by atoms with Crippen molar-refractivity contribution in [3.05, 3.63) is 58.9 Å². The molecule has 0 amide bonds. The maximum atomic E-state index is 12.0. The van der Waals surface area contributed by atoms with E-state index in [1.165, 1.54) is 17.5 Å². The molecule has 0 atom stereocenters. The average molecular weight is 433 g/mol. The molecule has 0 unspecified atom stereocenters. The van der Waals surface area contributed by atoms with E-state index in [-0.39, 0.29) is 12.4 Å². The largest absolute Gasteiger partial charge is 0.618 e. The van der Waals surface area contributed by atoms with Gasteiger partial charge in [-0.1, -0.05) is 0 Å². The number of rotatable bonds is 9. The first-order chi connectivity index (χ1) is 14.1. The topological polar surface area (TPSA) is 84.6 Å². The number of carbonyl (C=O) groups is 1. The van der Waals surface area contributed by atoms with E-state index in [0.717, 1.165) is 27.1 Å². The number of nitrogens with zero attached hydrogens (tertiary/aromatic N) is 2. The number of esters is 1. The van der Waals surface area contributed by atoms with Crippen molar-refractivity contribution < 1.29 is 23.7 Å². The predicted molar refractivity (Wildman–Crippen MR) is 111 cm³/mol. The summed E-state index contributed by atoms with van der Waals surface area (Å²) in [6.45, 7) is 2.55. The van der Waals surface area contributed by atoms with E-state index in [2.05, 4.69) is 4.98 Å². The Kier molecular flexibility index (Phi) is 7.31. The van der Waals surface area contributed by atoms with Crippen LogP contribution in [0, 0.1) is 5.21 Å². The molecular weight excluding hydrogens is 412 g/mol. The van der Waals surface area contributed by atoms with E-state index < -0.39 is 5.97 Å². The van der Waals surface area contributed by atoms with Crippen LogP contribution in [0.1, 0.15) is 12.6 Å². The van der Waals surface area contributed by atoms with Gasteiger partial charge in [0.05, 0.1) is 19.4 Å². The highest BCUT2D eigenvalue weighted by Crippen LogP contribution is 2.33. The number of thiazole rings is 1. The first kappa shape index (κ1) is 20.9. The molecule has 7 nitrogen and oxygen atoms in total. The van der Waals surface area contributed by atoms with Gasteiger partial charge in [-0.2, -0.15) is 4.73 Å². The Morgan fingerprint density at radius 1 is 1.28 bits per heavy atom. The summed E-state index contributed by atoms with van der Waals surface area (Å²) < 4.78 is 16.9. The summed E-state index contributed by atoms with van der Waals surface area (Å²) in [6.07, 6.45) is 1.39. The van der Waals surface area contributed by atoms with E-state index in [1.807, 2.05) is 30.5 Å². The summed E-state index contributed by atoms with van der Waals surface area (Å²) in [5.41, 5.74) is 1.56. The second kappa shape index (κ2) is 10.1. The first-order valence-corrected chi connectivity index (χ1v) is 10.7. The third-order valence-corrected chi connectivity index (χ3v) is 5.70. The second-order valence-corrected chi connectivity index (χ2v) is 7.61. The van der Waals surface area contributed by atoms with Crippen LogP contribution in [-0.4, -0.2) is 30.4 Å². The minimum Gasteiger partial charge on any atom is -0.618 e. The minimum absolute atomic E-state index is 0.0549. The Hall–Kier alpha value is -2.78. The van der Waals surface area contributed by atoms with Gasteiger partial charge in [0.1, 0.15) is 17.4 Å². The molecule has 0 bridgehead atoms. The van der Waals surface area contributed by atoms with Crippen molar-refractivity contribution >= 4 is 29.1 Å². The summed E-state index contributed by atoms with van der Waals surface area (Å²) in [6, 6.07) is 10.7. The van der Waals surface area contributed by atoms with E-state index in [9.17, 15) is 10.0 Å². The molecule has 2 aromatic heterocycles. The zero-order valence-electron chi connectivity index (χ0n) is 16.0. The van der Waals surface area contributed by atoms with Crippen molar-refractivity contribution in [2.75, 3.05) is 19.5 Å². The normalized spacial score (nSPS) is 10.6. The third kappa shape index (κ3) is 5.61. The van der Waals surface area contributed by atoms with Gasteiger partial charge in [0.2, 0.25) is 0 Å². The van der Waals surface area contributed by atoms with Gasteiger partial charge < -0.3 is 19.4 Å². The van der Waals surface area contributed by atoms with E-state index in [4.69, 9.17) is 14.2 Å². The van der Waals surface area contributed by atoms with Gasteiger partial charge in [0.25, 0.3) is 5.03 Å². The SMILES string of the molecule is CCOc1ccc(-c2nc(COC(=O)CSc3cccc[n+]3[O-])cs2)cc1OC. The highest BCUT2D eigenvalue weighted by molar-refractivity contribution is 7.99. The molecule has 29 heavy (non-hydrogen) atoms. The van der Waals surface area contributed by atoms with Crippen LogP contribution < -0.4 is 14.2 Å². The van der Waals surface area contributed by atoms with E-state index >= 15 is 0 Å². The fraction of sp³-hybridized carbons (Fsp3) is 0.250. The highest BCUT2D eigenvalue weighted by atomic mass is 32.2. The fourth-order valence-electron chi connectivity index (χ4n) is 2.43. The van der Waals surface area contributed by atoms with Crippen LogP contribution in [0.15, 0.2) is 53.0 Å². The molecule has 0 aliphatic rings. The average Bonchev–Trinajstić information content (AvgIpc) is 3.21. The van der Waals surface area contributed by atoms with Gasteiger partial charge >= 0.3 is 5.97 Å². The fourth-order valence-corrected chi connectivity index (χ4v) is 3.95. The molecule has 0 saturated heterocycles. The lowest BCUT2D eigenvalue weighted by Gasteiger charge is -2.09. The summed E-state index contributed by atoms with van der Waals surface area (Å²) >= 11 is 2.59. The molecule has 152 valence electrons. The number of methoxy groups -OCH3 is 1. The van der Waals surface area contributed by atoms with Crippen LogP contribution >= 0.6 is 23.1 Å². The number of pyridine rings is 1. The number of thioether (sulfide) groups is 1. The van der Waals surface area contributed by atoms with Crippen molar-refractivity contribution in [1.82, 2.24) is 4.98 Å². The maximum absolute atomic E-state index is 12.0. The van der Waals surface area contributed by atoms with Crippen LogP contribution in [0.3, 0.4) is 0 Å². The van der Waals surface area contributed by atoms with Crippen LogP contribution in [0.4, 0.5) is 0 Å². The van der Waals surface area contributed by atoms with E-state index in [0.29, 0.717) is 28.8 Å². The van der Waals surface area contributed by atoms with Crippen LogP contribution in [0.2, 0.25) is 0 Å². The lowest BCUT2D eigenvalue weighted by Crippen LogP contribution is -2.28. The lowest BCUT2D eigenvalue weighted by atomic mass is 10.2. The van der Waals surface area contributed by atoms with Crippen molar-refractivity contribution in [3.8, 4) is 22.1 Å². The second-order valence-electron chi connectivity index (χ2n) is 5.76. The van der Waals surface area contributed by atoms with Gasteiger partial charge in [-0.15, -0.1) is 11.3 Å². The summed E-state index contributed by atoms with van der Waals surface area (Å²) in [5, 5.41) is 14.7. The van der Waals surface area contributed by atoms with Gasteiger partial charge in [0, 0.05) is 23.1 Å². The molecule has 0 N–H and O–H groups in total. The molecule has 3 aromatic rings. The molecule has 1 aromatic carbocycles. The number of aromatic nitrogens is 2. The lowest BCUT2D eigenvalue weighted by molar-refractivity contribution is -0.645. The van der Waals surface area contributed by atoms with Gasteiger partial charge in [-0.3, -0.25) is 4.79 Å². The summed E-state index contributed by atoms with van der Waals surface area (Å²) in [4.78, 5) is 16.5. The van der Waals surface area contributed by atoms with Gasteiger partial charge in [-0.05, 0) is 43.0 Å². The molecule has 0 fully saturated rings. The monoisotopic (exact) mass is 432 g/mol. The standard InChI is InChI=1S/C20H20N2O5S2/c1-3-26-16-8-7-14(10-17(16)25-2)20-21-15(12-29-20)11-27-19(23)13-28-18-6-4-5-9-22(18)24/h4-10,12H,3,11,13H2,1-2H3. The smallest absolute Gasteiger partial charge is 0.316 e. The van der Waals surface area contributed by atoms with Gasteiger partial charge in [0.15, 0.2) is 17.7 Å².